The lowest BCUT2D eigenvalue weighted by Gasteiger charge is -1.98. The van der Waals surface area contributed by atoms with Crippen molar-refractivity contribution in [3.8, 4) is 11.3 Å². The number of anilines is 1. The molecule has 2 aromatic heterocycles. The van der Waals surface area contributed by atoms with Crippen LogP contribution >= 0.6 is 11.6 Å². The average Bonchev–Trinajstić information content (AvgIpc) is 2.81. The maximum atomic E-state index is 6.10. The standard InChI is InChI=1S/C13H10ClN3/c14-12-7-6-10(15)13-16-11(8-17(12)13)9-4-2-1-3-5-9/h1-8H,15H2. The number of halogens is 1. The zero-order valence-corrected chi connectivity index (χ0v) is 9.72. The lowest BCUT2D eigenvalue weighted by Crippen LogP contribution is -1.92. The third kappa shape index (κ3) is 1.65. The molecule has 3 rings (SSSR count). The first-order chi connectivity index (χ1) is 8.25. The van der Waals surface area contributed by atoms with Crippen LogP contribution in [0.5, 0.6) is 0 Å². The van der Waals surface area contributed by atoms with Gasteiger partial charge in [0.1, 0.15) is 5.15 Å². The number of pyridine rings is 1. The van der Waals surface area contributed by atoms with Crippen LogP contribution in [0.4, 0.5) is 5.69 Å². The van der Waals surface area contributed by atoms with Gasteiger partial charge in [0.15, 0.2) is 5.65 Å². The summed E-state index contributed by atoms with van der Waals surface area (Å²) in [6, 6.07) is 13.5. The number of fused-ring (bicyclic) bond motifs is 1. The van der Waals surface area contributed by atoms with E-state index in [9.17, 15) is 0 Å². The van der Waals surface area contributed by atoms with E-state index in [4.69, 9.17) is 17.3 Å². The molecule has 0 atom stereocenters. The van der Waals surface area contributed by atoms with E-state index in [0.29, 0.717) is 16.5 Å². The first-order valence-corrected chi connectivity index (χ1v) is 5.62. The predicted molar refractivity (Wildman–Crippen MR) is 70.1 cm³/mol. The van der Waals surface area contributed by atoms with E-state index in [1.807, 2.05) is 36.5 Å². The van der Waals surface area contributed by atoms with Gasteiger partial charge in [-0.3, -0.25) is 4.40 Å². The van der Waals surface area contributed by atoms with Crippen LogP contribution in [0, 0.1) is 0 Å². The summed E-state index contributed by atoms with van der Waals surface area (Å²) in [5.41, 5.74) is 9.10. The van der Waals surface area contributed by atoms with Gasteiger partial charge in [-0.25, -0.2) is 4.98 Å². The summed E-state index contributed by atoms with van der Waals surface area (Å²) in [5.74, 6) is 0. The van der Waals surface area contributed by atoms with E-state index in [0.717, 1.165) is 11.3 Å². The third-order valence-electron chi connectivity index (χ3n) is 2.66. The maximum absolute atomic E-state index is 6.10. The van der Waals surface area contributed by atoms with Crippen molar-refractivity contribution < 1.29 is 0 Å². The van der Waals surface area contributed by atoms with Crippen LogP contribution in [0.15, 0.2) is 48.7 Å². The van der Waals surface area contributed by atoms with Gasteiger partial charge in [-0.15, -0.1) is 0 Å². The molecule has 0 spiro atoms. The lowest BCUT2D eigenvalue weighted by molar-refractivity contribution is 1.19. The molecular weight excluding hydrogens is 234 g/mol. The Labute approximate surface area is 103 Å². The fourth-order valence-corrected chi connectivity index (χ4v) is 2.00. The van der Waals surface area contributed by atoms with E-state index < -0.39 is 0 Å². The van der Waals surface area contributed by atoms with Gasteiger partial charge >= 0.3 is 0 Å². The molecular formula is C13H10ClN3. The van der Waals surface area contributed by atoms with Gasteiger partial charge in [0.05, 0.1) is 11.4 Å². The van der Waals surface area contributed by atoms with E-state index in [1.54, 1.807) is 16.5 Å². The first kappa shape index (κ1) is 10.2. The summed E-state index contributed by atoms with van der Waals surface area (Å²) in [6.45, 7) is 0. The molecule has 3 aromatic rings. The second-order valence-corrected chi connectivity index (χ2v) is 4.18. The number of aromatic nitrogens is 2. The molecule has 0 saturated heterocycles. The fraction of sp³-hybridized carbons (Fsp3) is 0. The zero-order valence-electron chi connectivity index (χ0n) is 8.97. The number of nitrogens with two attached hydrogens (primary N) is 1. The summed E-state index contributed by atoms with van der Waals surface area (Å²) < 4.78 is 1.79. The molecule has 0 fully saturated rings. The molecule has 0 unspecified atom stereocenters. The molecule has 0 radical (unpaired) electrons. The SMILES string of the molecule is Nc1ccc(Cl)n2cc(-c3ccccc3)nc12. The normalized spacial score (nSPS) is 10.9. The predicted octanol–water partition coefficient (Wildman–Crippen LogP) is 3.24. The molecule has 4 heteroatoms. The van der Waals surface area contributed by atoms with Crippen molar-refractivity contribution in [2.75, 3.05) is 5.73 Å². The van der Waals surface area contributed by atoms with Crippen molar-refractivity contribution in [1.82, 2.24) is 9.38 Å². The highest BCUT2D eigenvalue weighted by Gasteiger charge is 2.08. The summed E-state index contributed by atoms with van der Waals surface area (Å²) in [7, 11) is 0. The Bertz CT molecular complexity index is 635. The van der Waals surface area contributed by atoms with Gasteiger partial charge in [-0.05, 0) is 12.1 Å². The largest absolute Gasteiger partial charge is 0.396 e. The number of rotatable bonds is 1. The Morgan fingerprint density at radius 3 is 2.53 bits per heavy atom. The van der Waals surface area contributed by atoms with Crippen LogP contribution in [0.1, 0.15) is 0 Å². The molecule has 0 aliphatic heterocycles. The average molecular weight is 244 g/mol. The highest BCUT2D eigenvalue weighted by atomic mass is 35.5. The van der Waals surface area contributed by atoms with Crippen molar-refractivity contribution in [2.45, 2.75) is 0 Å². The highest BCUT2D eigenvalue weighted by molar-refractivity contribution is 6.29. The Kier molecular flexibility index (Phi) is 2.27. The minimum atomic E-state index is 0.601. The smallest absolute Gasteiger partial charge is 0.161 e. The van der Waals surface area contributed by atoms with E-state index in [2.05, 4.69) is 4.98 Å². The van der Waals surface area contributed by atoms with Crippen LogP contribution in [-0.4, -0.2) is 9.38 Å². The molecule has 0 saturated carbocycles. The highest BCUT2D eigenvalue weighted by Crippen LogP contribution is 2.24. The second-order valence-electron chi connectivity index (χ2n) is 3.80. The van der Waals surface area contributed by atoms with Crippen LogP contribution < -0.4 is 5.73 Å². The quantitative estimate of drug-likeness (QED) is 0.667. The monoisotopic (exact) mass is 243 g/mol. The van der Waals surface area contributed by atoms with Crippen molar-refractivity contribution >= 4 is 22.9 Å². The number of benzene rings is 1. The maximum Gasteiger partial charge on any atom is 0.161 e. The van der Waals surface area contributed by atoms with Crippen LogP contribution in [-0.2, 0) is 0 Å². The second kappa shape index (κ2) is 3.79. The van der Waals surface area contributed by atoms with Crippen LogP contribution in [0.25, 0.3) is 16.9 Å². The first-order valence-electron chi connectivity index (χ1n) is 5.24. The van der Waals surface area contributed by atoms with E-state index in [1.165, 1.54) is 0 Å². The van der Waals surface area contributed by atoms with Gasteiger partial charge < -0.3 is 5.73 Å². The Morgan fingerprint density at radius 1 is 1.06 bits per heavy atom. The van der Waals surface area contributed by atoms with Gasteiger partial charge in [0, 0.05) is 11.8 Å². The lowest BCUT2D eigenvalue weighted by atomic mass is 10.2. The molecule has 2 heterocycles. The third-order valence-corrected chi connectivity index (χ3v) is 2.97. The molecule has 0 aliphatic carbocycles. The Morgan fingerprint density at radius 2 is 1.82 bits per heavy atom. The Balaban J connectivity index is 2.27. The molecule has 0 amide bonds. The number of nitrogen functional groups attached to an aromatic ring is 1. The molecule has 84 valence electrons. The van der Waals surface area contributed by atoms with Gasteiger partial charge in [-0.2, -0.15) is 0 Å². The number of nitrogens with zero attached hydrogens (tertiary/aromatic N) is 2. The van der Waals surface area contributed by atoms with Crippen molar-refractivity contribution in [3.05, 3.63) is 53.8 Å². The van der Waals surface area contributed by atoms with Crippen molar-refractivity contribution in [3.63, 3.8) is 0 Å². The Hall–Kier alpha value is -2.00. The minimum absolute atomic E-state index is 0.601. The van der Waals surface area contributed by atoms with Crippen molar-refractivity contribution in [1.29, 1.82) is 0 Å². The molecule has 0 bridgehead atoms. The number of imidazole rings is 1. The summed E-state index contributed by atoms with van der Waals surface area (Å²) in [4.78, 5) is 4.50. The zero-order chi connectivity index (χ0) is 11.8. The molecule has 17 heavy (non-hydrogen) atoms. The van der Waals surface area contributed by atoms with E-state index >= 15 is 0 Å². The van der Waals surface area contributed by atoms with Gasteiger partial charge in [-0.1, -0.05) is 41.9 Å². The molecule has 3 nitrogen and oxygen atoms in total. The summed E-state index contributed by atoms with van der Waals surface area (Å²) in [6.07, 6.45) is 1.89. The fourth-order valence-electron chi connectivity index (χ4n) is 1.81. The summed E-state index contributed by atoms with van der Waals surface area (Å²) >= 11 is 6.10. The minimum Gasteiger partial charge on any atom is -0.396 e. The van der Waals surface area contributed by atoms with Crippen molar-refractivity contribution in [2.24, 2.45) is 0 Å². The topological polar surface area (TPSA) is 43.3 Å². The van der Waals surface area contributed by atoms with Crippen LogP contribution in [0.3, 0.4) is 0 Å². The van der Waals surface area contributed by atoms with E-state index in [-0.39, 0.29) is 0 Å². The molecule has 1 aromatic carbocycles. The van der Waals surface area contributed by atoms with Gasteiger partial charge in [0.2, 0.25) is 0 Å². The van der Waals surface area contributed by atoms with Gasteiger partial charge in [0.25, 0.3) is 0 Å². The summed E-state index contributed by atoms with van der Waals surface area (Å²) in [5, 5.41) is 0.601. The molecule has 0 aliphatic rings. The van der Waals surface area contributed by atoms with Crippen LogP contribution in [0.2, 0.25) is 5.15 Å². The number of hydrogen-bond donors (Lipinski definition) is 1. The number of hydrogen-bond acceptors (Lipinski definition) is 2. The molecule has 2 N–H and O–H groups in total.